The van der Waals surface area contributed by atoms with Crippen LogP contribution >= 0.6 is 15.9 Å². The van der Waals surface area contributed by atoms with Crippen molar-refractivity contribution in [1.29, 1.82) is 0 Å². The number of rotatable bonds is 3. The van der Waals surface area contributed by atoms with Crippen molar-refractivity contribution in [1.82, 2.24) is 4.72 Å². The predicted molar refractivity (Wildman–Crippen MR) is 89.4 cm³/mol. The highest BCUT2D eigenvalue weighted by atomic mass is 79.9. The van der Waals surface area contributed by atoms with E-state index in [1.165, 1.54) is 12.1 Å². The number of hydrogen-bond donors (Lipinski definition) is 1. The van der Waals surface area contributed by atoms with Crippen LogP contribution in [0.3, 0.4) is 0 Å². The van der Waals surface area contributed by atoms with E-state index in [1.54, 1.807) is 12.1 Å². The van der Waals surface area contributed by atoms with Crippen LogP contribution in [0.2, 0.25) is 0 Å². The van der Waals surface area contributed by atoms with Crippen molar-refractivity contribution in [2.45, 2.75) is 35.8 Å². The van der Waals surface area contributed by atoms with E-state index in [-0.39, 0.29) is 22.4 Å². The Hall–Kier alpha value is -0.480. The summed E-state index contributed by atoms with van der Waals surface area (Å²) in [6.07, 6.45) is 1.37. The first-order chi connectivity index (χ1) is 10.7. The highest BCUT2D eigenvalue weighted by molar-refractivity contribution is 9.10. The summed E-state index contributed by atoms with van der Waals surface area (Å²) in [4.78, 5) is 0.195. The molecule has 1 spiro atoms. The molecule has 2 heterocycles. The third-order valence-corrected chi connectivity index (χ3v) is 8.15. The molecule has 1 aromatic carbocycles. The van der Waals surface area contributed by atoms with Crippen molar-refractivity contribution in [2.24, 2.45) is 0 Å². The zero-order chi connectivity index (χ0) is 16.7. The Morgan fingerprint density at radius 1 is 1.26 bits per heavy atom. The normalized spacial score (nSPS) is 30.6. The average Bonchev–Trinajstić information content (AvgIpc) is 2.73. The van der Waals surface area contributed by atoms with Gasteiger partial charge < -0.3 is 4.74 Å². The third kappa shape index (κ3) is 3.96. The second kappa shape index (κ2) is 6.11. The third-order valence-electron chi connectivity index (χ3n) is 4.29. The summed E-state index contributed by atoms with van der Waals surface area (Å²) in [5.41, 5.74) is -0.732. The van der Waals surface area contributed by atoms with Gasteiger partial charge in [0.2, 0.25) is 10.0 Å². The maximum atomic E-state index is 12.5. The van der Waals surface area contributed by atoms with Crippen LogP contribution in [0, 0.1) is 0 Å². The quantitative estimate of drug-likeness (QED) is 0.794. The lowest BCUT2D eigenvalue weighted by Crippen LogP contribution is -2.49. The number of halogens is 1. The molecule has 1 aromatic rings. The fourth-order valence-electron chi connectivity index (χ4n) is 3.19. The maximum absolute atomic E-state index is 12.5. The van der Waals surface area contributed by atoms with Gasteiger partial charge >= 0.3 is 0 Å². The van der Waals surface area contributed by atoms with Crippen LogP contribution in [-0.4, -0.2) is 46.6 Å². The van der Waals surface area contributed by atoms with Crippen LogP contribution in [0.4, 0.5) is 0 Å². The molecule has 2 aliphatic heterocycles. The molecule has 0 aliphatic carbocycles. The lowest BCUT2D eigenvalue weighted by Gasteiger charge is -2.37. The Morgan fingerprint density at radius 3 is 2.57 bits per heavy atom. The van der Waals surface area contributed by atoms with Crippen LogP contribution in [0.1, 0.15) is 19.3 Å². The summed E-state index contributed by atoms with van der Waals surface area (Å²) in [7, 11) is -6.71. The van der Waals surface area contributed by atoms with E-state index in [1.807, 2.05) is 0 Å². The molecule has 0 bridgehead atoms. The van der Waals surface area contributed by atoms with E-state index < -0.39 is 25.5 Å². The summed E-state index contributed by atoms with van der Waals surface area (Å²) < 4.78 is 57.6. The van der Waals surface area contributed by atoms with E-state index in [2.05, 4.69) is 20.7 Å². The van der Waals surface area contributed by atoms with E-state index >= 15 is 0 Å². The molecule has 2 saturated heterocycles. The topological polar surface area (TPSA) is 89.5 Å². The smallest absolute Gasteiger partial charge is 0.240 e. The lowest BCUT2D eigenvalue weighted by molar-refractivity contribution is -0.0675. The predicted octanol–water partition coefficient (Wildman–Crippen LogP) is 1.46. The largest absolute Gasteiger partial charge is 0.374 e. The van der Waals surface area contributed by atoms with Crippen molar-refractivity contribution in [3.63, 3.8) is 0 Å². The van der Waals surface area contributed by atoms with Gasteiger partial charge in [0.15, 0.2) is 9.84 Å². The molecular weight excluding hydrogens is 406 g/mol. The van der Waals surface area contributed by atoms with Gasteiger partial charge in [-0.05, 0) is 43.5 Å². The molecule has 6 nitrogen and oxygen atoms in total. The fraction of sp³-hybridized carbons (Fsp3) is 0.571. The summed E-state index contributed by atoms with van der Waals surface area (Å²) >= 11 is 3.27. The second-order valence-electron chi connectivity index (χ2n) is 6.14. The minimum atomic E-state index is -3.63. The van der Waals surface area contributed by atoms with E-state index in [0.717, 1.165) is 4.47 Å². The number of sulfone groups is 1. The van der Waals surface area contributed by atoms with Crippen LogP contribution in [-0.2, 0) is 24.6 Å². The Kier molecular flexibility index (Phi) is 4.61. The molecule has 2 aliphatic rings. The first-order valence-electron chi connectivity index (χ1n) is 7.32. The van der Waals surface area contributed by atoms with Crippen LogP contribution in [0.25, 0.3) is 0 Å². The van der Waals surface area contributed by atoms with Gasteiger partial charge in [0.25, 0.3) is 0 Å². The standard InChI is InChI=1S/C14H18BrNO5S2/c15-11-1-3-13(4-2-11)23(19,20)16-12-5-7-21-14(9-12)6-8-22(17,18)10-14/h1-4,12,16H,5-10H2. The molecule has 1 N–H and O–H groups in total. The Labute approximate surface area is 144 Å². The number of benzene rings is 1. The number of hydrogen-bond acceptors (Lipinski definition) is 5. The molecule has 2 atom stereocenters. The van der Waals surface area contributed by atoms with Gasteiger partial charge in [0.1, 0.15) is 0 Å². The first kappa shape index (κ1) is 17.3. The van der Waals surface area contributed by atoms with Crippen molar-refractivity contribution in [2.75, 3.05) is 18.1 Å². The van der Waals surface area contributed by atoms with Crippen LogP contribution in [0.15, 0.2) is 33.6 Å². The van der Waals surface area contributed by atoms with Gasteiger partial charge in [-0.1, -0.05) is 15.9 Å². The van der Waals surface area contributed by atoms with E-state index in [9.17, 15) is 16.8 Å². The molecule has 2 unspecified atom stereocenters. The van der Waals surface area contributed by atoms with Gasteiger partial charge in [-0.3, -0.25) is 0 Å². The molecule has 0 saturated carbocycles. The van der Waals surface area contributed by atoms with Crippen molar-refractivity contribution in [3.05, 3.63) is 28.7 Å². The molecular formula is C14H18BrNO5S2. The first-order valence-corrected chi connectivity index (χ1v) is 11.4. The van der Waals surface area contributed by atoms with Gasteiger partial charge in [-0.15, -0.1) is 0 Å². The molecule has 0 aromatic heterocycles. The second-order valence-corrected chi connectivity index (χ2v) is 11.0. The molecule has 3 rings (SSSR count). The summed E-state index contributed by atoms with van der Waals surface area (Å²) in [6.45, 7) is 0.364. The highest BCUT2D eigenvalue weighted by Gasteiger charge is 2.47. The molecule has 0 radical (unpaired) electrons. The Balaban J connectivity index is 1.74. The van der Waals surface area contributed by atoms with Crippen LogP contribution < -0.4 is 4.72 Å². The molecule has 9 heteroatoms. The summed E-state index contributed by atoms with van der Waals surface area (Å²) in [6, 6.07) is 6.08. The van der Waals surface area contributed by atoms with Crippen molar-refractivity contribution >= 4 is 35.8 Å². The monoisotopic (exact) mass is 423 g/mol. The number of sulfonamides is 1. The summed E-state index contributed by atoms with van der Waals surface area (Å²) in [5.74, 6) is 0.0929. The van der Waals surface area contributed by atoms with E-state index in [0.29, 0.717) is 25.9 Å². The van der Waals surface area contributed by atoms with Crippen LogP contribution in [0.5, 0.6) is 0 Å². The minimum absolute atomic E-state index is 0.0173. The summed E-state index contributed by atoms with van der Waals surface area (Å²) in [5, 5.41) is 0. The zero-order valence-electron chi connectivity index (χ0n) is 12.4. The number of ether oxygens (including phenoxy) is 1. The van der Waals surface area contributed by atoms with Crippen molar-refractivity contribution in [3.8, 4) is 0 Å². The highest BCUT2D eigenvalue weighted by Crippen LogP contribution is 2.36. The molecule has 2 fully saturated rings. The molecule has 0 amide bonds. The number of nitrogens with one attached hydrogen (secondary N) is 1. The fourth-order valence-corrected chi connectivity index (χ4v) is 6.70. The molecule has 23 heavy (non-hydrogen) atoms. The lowest BCUT2D eigenvalue weighted by atomic mass is 9.90. The average molecular weight is 424 g/mol. The van der Waals surface area contributed by atoms with Gasteiger partial charge in [-0.25, -0.2) is 21.6 Å². The Morgan fingerprint density at radius 2 is 1.96 bits per heavy atom. The van der Waals surface area contributed by atoms with Gasteiger partial charge in [0, 0.05) is 17.1 Å². The SMILES string of the molecule is O=S1(=O)CCC2(CC(NS(=O)(=O)c3ccc(Br)cc3)CCO2)C1. The van der Waals surface area contributed by atoms with Crippen molar-refractivity contribution < 1.29 is 21.6 Å². The van der Waals surface area contributed by atoms with Gasteiger partial charge in [-0.2, -0.15) is 0 Å². The zero-order valence-corrected chi connectivity index (χ0v) is 15.6. The minimum Gasteiger partial charge on any atom is -0.374 e. The van der Waals surface area contributed by atoms with Gasteiger partial charge in [0.05, 0.1) is 22.0 Å². The maximum Gasteiger partial charge on any atom is 0.240 e. The molecule has 128 valence electrons. The van der Waals surface area contributed by atoms with E-state index in [4.69, 9.17) is 4.74 Å². The Bertz CT molecular complexity index is 791.